The number of carbonyl (C=O) groups is 1. The Morgan fingerprint density at radius 2 is 2.08 bits per heavy atom. The van der Waals surface area contributed by atoms with Crippen LogP contribution in [0.1, 0.15) is 19.3 Å². The molecule has 130 valence electrons. The normalized spacial score (nSPS) is 15.0. The smallest absolute Gasteiger partial charge is 0.294 e. The van der Waals surface area contributed by atoms with Gasteiger partial charge in [0.05, 0.1) is 9.58 Å². The molecule has 4 rings (SSSR count). The zero-order valence-electron chi connectivity index (χ0n) is 13.5. The van der Waals surface area contributed by atoms with Crippen molar-refractivity contribution in [2.45, 2.75) is 25.8 Å². The Morgan fingerprint density at radius 1 is 1.28 bits per heavy atom. The van der Waals surface area contributed by atoms with Crippen LogP contribution in [0.4, 0.5) is 5.13 Å². The number of nitrogens with two attached hydrogens (primary N) is 1. The Balaban J connectivity index is 1.91. The molecule has 0 aromatic carbocycles. The van der Waals surface area contributed by atoms with Gasteiger partial charge in [0, 0.05) is 13.1 Å². The summed E-state index contributed by atoms with van der Waals surface area (Å²) in [6.45, 7) is 1.66. The van der Waals surface area contributed by atoms with Gasteiger partial charge in [-0.15, -0.1) is 11.3 Å². The molecule has 1 fully saturated rings. The second kappa shape index (κ2) is 6.57. The van der Waals surface area contributed by atoms with Gasteiger partial charge in [-0.05, 0) is 30.7 Å². The van der Waals surface area contributed by atoms with E-state index in [1.807, 2.05) is 17.5 Å². The Labute approximate surface area is 151 Å². The second-order valence-electron chi connectivity index (χ2n) is 5.98. The van der Waals surface area contributed by atoms with Crippen LogP contribution in [0.2, 0.25) is 0 Å². The van der Waals surface area contributed by atoms with Crippen LogP contribution in [-0.2, 0) is 11.3 Å². The minimum atomic E-state index is -0.599. The Morgan fingerprint density at radius 3 is 2.76 bits per heavy atom. The summed E-state index contributed by atoms with van der Waals surface area (Å²) >= 11 is 3.04. The first-order valence-corrected chi connectivity index (χ1v) is 9.82. The maximum absolute atomic E-state index is 12.7. The topological polar surface area (TPSA) is 94.1 Å². The van der Waals surface area contributed by atoms with Crippen molar-refractivity contribution in [3.63, 3.8) is 0 Å². The highest BCUT2D eigenvalue weighted by Crippen LogP contribution is 2.36. The molecule has 0 bridgehead atoms. The van der Waals surface area contributed by atoms with E-state index >= 15 is 0 Å². The van der Waals surface area contributed by atoms with Crippen molar-refractivity contribution < 1.29 is 4.79 Å². The predicted octanol–water partition coefficient (Wildman–Crippen LogP) is 2.06. The molecule has 0 atom stereocenters. The third kappa shape index (κ3) is 3.05. The first kappa shape index (κ1) is 16.2. The lowest BCUT2D eigenvalue weighted by molar-refractivity contribution is -0.118. The average Bonchev–Trinajstić information content (AvgIpc) is 3.28. The van der Waals surface area contributed by atoms with Crippen LogP contribution in [0.25, 0.3) is 20.8 Å². The van der Waals surface area contributed by atoms with Gasteiger partial charge in [-0.25, -0.2) is 9.67 Å². The highest BCUT2D eigenvalue weighted by Gasteiger charge is 2.22. The van der Waals surface area contributed by atoms with Gasteiger partial charge < -0.3 is 10.6 Å². The van der Waals surface area contributed by atoms with E-state index in [0.717, 1.165) is 45.3 Å². The monoisotopic (exact) mass is 375 g/mol. The molecule has 0 saturated carbocycles. The molecule has 1 amide bonds. The summed E-state index contributed by atoms with van der Waals surface area (Å²) in [4.78, 5) is 31.8. The third-order valence-corrected chi connectivity index (χ3v) is 6.17. The van der Waals surface area contributed by atoms with Gasteiger partial charge in [0.1, 0.15) is 12.2 Å². The largest absolute Gasteiger partial charge is 0.368 e. The number of thiazole rings is 1. The lowest BCUT2D eigenvalue weighted by Gasteiger charge is -2.25. The van der Waals surface area contributed by atoms with Crippen LogP contribution in [0.15, 0.2) is 22.3 Å². The molecule has 25 heavy (non-hydrogen) atoms. The number of aromatic nitrogens is 3. The number of carbonyl (C=O) groups excluding carboxylic acids is 1. The summed E-state index contributed by atoms with van der Waals surface area (Å²) < 4.78 is 1.90. The lowest BCUT2D eigenvalue weighted by Crippen LogP contribution is -2.31. The Kier molecular flexibility index (Phi) is 4.26. The van der Waals surface area contributed by atoms with Crippen molar-refractivity contribution in [3.8, 4) is 10.6 Å². The maximum Gasteiger partial charge on any atom is 0.294 e. The van der Waals surface area contributed by atoms with E-state index in [4.69, 9.17) is 5.73 Å². The number of fused-ring (bicyclic) bond motifs is 1. The maximum atomic E-state index is 12.7. The van der Waals surface area contributed by atoms with Crippen LogP contribution in [0.5, 0.6) is 0 Å². The van der Waals surface area contributed by atoms with Crippen LogP contribution >= 0.6 is 22.7 Å². The molecule has 0 aliphatic carbocycles. The molecule has 0 spiro atoms. The molecule has 0 radical (unpaired) electrons. The number of primary amides is 1. The Hall–Kier alpha value is -2.26. The average molecular weight is 375 g/mol. The minimum Gasteiger partial charge on any atom is -0.368 e. The van der Waals surface area contributed by atoms with Crippen molar-refractivity contribution in [1.29, 1.82) is 0 Å². The Bertz CT molecular complexity index is 970. The molecule has 2 N–H and O–H groups in total. The van der Waals surface area contributed by atoms with E-state index in [0.29, 0.717) is 11.2 Å². The minimum absolute atomic E-state index is 0.246. The number of rotatable bonds is 4. The number of amides is 1. The van der Waals surface area contributed by atoms with Gasteiger partial charge in [-0.1, -0.05) is 17.4 Å². The SMILES string of the molecule is NC(=O)Cn1nc(-c2cccs2)c2sc(N3CCCCC3)nc2c1=O. The van der Waals surface area contributed by atoms with Crippen LogP contribution in [0.3, 0.4) is 0 Å². The highest BCUT2D eigenvalue weighted by atomic mass is 32.1. The van der Waals surface area contributed by atoms with E-state index in [1.165, 1.54) is 17.8 Å². The van der Waals surface area contributed by atoms with Crippen molar-refractivity contribution in [3.05, 3.63) is 27.9 Å². The molecule has 4 heterocycles. The number of nitrogens with zero attached hydrogens (tertiary/aromatic N) is 4. The van der Waals surface area contributed by atoms with Crippen LogP contribution < -0.4 is 16.2 Å². The molecule has 1 aliphatic rings. The summed E-state index contributed by atoms with van der Waals surface area (Å²) in [6, 6.07) is 3.88. The molecule has 3 aromatic heterocycles. The first-order valence-electron chi connectivity index (χ1n) is 8.12. The van der Waals surface area contributed by atoms with Crippen molar-refractivity contribution in [2.24, 2.45) is 5.73 Å². The first-order chi connectivity index (χ1) is 12.1. The fourth-order valence-corrected chi connectivity index (χ4v) is 4.89. The zero-order chi connectivity index (χ0) is 17.4. The van der Waals surface area contributed by atoms with E-state index in [1.54, 1.807) is 11.3 Å². The molecule has 1 aliphatic heterocycles. The summed E-state index contributed by atoms with van der Waals surface area (Å²) in [6.07, 6.45) is 3.50. The summed E-state index contributed by atoms with van der Waals surface area (Å²) in [5.74, 6) is -0.599. The van der Waals surface area contributed by atoms with E-state index in [2.05, 4.69) is 15.0 Å². The second-order valence-corrected chi connectivity index (χ2v) is 7.90. The molecule has 7 nitrogen and oxygen atoms in total. The lowest BCUT2D eigenvalue weighted by atomic mass is 10.1. The molecule has 1 saturated heterocycles. The predicted molar refractivity (Wildman–Crippen MR) is 100 cm³/mol. The standard InChI is InChI=1S/C16H17N5O2S2/c17-11(22)9-21-15(23)13-14(12(19-21)10-5-4-8-24-10)25-16(18-13)20-6-2-1-3-7-20/h4-5,8H,1-3,6-7,9H2,(H2,17,22). The third-order valence-electron chi connectivity index (χ3n) is 4.18. The number of piperidine rings is 1. The van der Waals surface area contributed by atoms with Crippen molar-refractivity contribution in [2.75, 3.05) is 18.0 Å². The van der Waals surface area contributed by atoms with Gasteiger partial charge in [0.25, 0.3) is 5.56 Å². The van der Waals surface area contributed by atoms with E-state index < -0.39 is 5.91 Å². The van der Waals surface area contributed by atoms with Gasteiger partial charge in [-0.2, -0.15) is 5.10 Å². The number of thiophene rings is 1. The van der Waals surface area contributed by atoms with Gasteiger partial charge in [-0.3, -0.25) is 9.59 Å². The number of anilines is 1. The van der Waals surface area contributed by atoms with Crippen LogP contribution in [-0.4, -0.2) is 33.8 Å². The number of hydrogen-bond donors (Lipinski definition) is 1. The van der Waals surface area contributed by atoms with Crippen molar-refractivity contribution >= 4 is 43.9 Å². The highest BCUT2D eigenvalue weighted by molar-refractivity contribution is 7.23. The van der Waals surface area contributed by atoms with Crippen molar-refractivity contribution in [1.82, 2.24) is 14.8 Å². The van der Waals surface area contributed by atoms with Gasteiger partial charge in [0.15, 0.2) is 10.6 Å². The quantitative estimate of drug-likeness (QED) is 0.753. The van der Waals surface area contributed by atoms with E-state index in [-0.39, 0.29) is 12.1 Å². The summed E-state index contributed by atoms with van der Waals surface area (Å²) in [5, 5.41) is 7.21. The summed E-state index contributed by atoms with van der Waals surface area (Å²) in [5.41, 5.74) is 5.95. The summed E-state index contributed by atoms with van der Waals surface area (Å²) in [7, 11) is 0. The molecular formula is C16H17N5O2S2. The van der Waals surface area contributed by atoms with E-state index in [9.17, 15) is 9.59 Å². The molecule has 0 unspecified atom stereocenters. The zero-order valence-corrected chi connectivity index (χ0v) is 15.1. The molecule has 3 aromatic rings. The van der Waals surface area contributed by atoms with Gasteiger partial charge in [0.2, 0.25) is 5.91 Å². The fourth-order valence-electron chi connectivity index (χ4n) is 3.00. The molecule has 9 heteroatoms. The molecular weight excluding hydrogens is 358 g/mol. The van der Waals surface area contributed by atoms with Crippen LogP contribution in [0, 0.1) is 0 Å². The fraction of sp³-hybridized carbons (Fsp3) is 0.375. The van der Waals surface area contributed by atoms with Gasteiger partial charge >= 0.3 is 0 Å². The number of hydrogen-bond acceptors (Lipinski definition) is 7.